The van der Waals surface area contributed by atoms with E-state index in [0.29, 0.717) is 18.2 Å². The molecule has 0 atom stereocenters. The van der Waals surface area contributed by atoms with Gasteiger partial charge >= 0.3 is 0 Å². The number of carbonyl (C=O) groups excluding carboxylic acids is 1. The van der Waals surface area contributed by atoms with Crippen molar-refractivity contribution in [1.29, 1.82) is 0 Å². The summed E-state index contributed by atoms with van der Waals surface area (Å²) in [5, 5.41) is 11.9. The van der Waals surface area contributed by atoms with E-state index in [9.17, 15) is 9.18 Å². The van der Waals surface area contributed by atoms with Crippen LogP contribution in [0.4, 0.5) is 4.39 Å². The lowest BCUT2D eigenvalue weighted by Gasteiger charge is -2.45. The molecule has 6 heteroatoms. The van der Waals surface area contributed by atoms with Crippen LogP contribution >= 0.6 is 0 Å². The smallest absolute Gasteiger partial charge is 0.274 e. The number of nitrogens with zero attached hydrogens (tertiary/aromatic N) is 1. The molecule has 1 aromatic rings. The molecule has 5 nitrogen and oxygen atoms in total. The third-order valence-electron chi connectivity index (χ3n) is 5.45. The summed E-state index contributed by atoms with van der Waals surface area (Å²) in [7, 11) is 1.99. The molecule has 1 saturated carbocycles. The van der Waals surface area contributed by atoms with Crippen molar-refractivity contribution < 1.29 is 17.2 Å². The molecule has 0 unspecified atom stereocenters. The van der Waals surface area contributed by atoms with Gasteiger partial charge in [0.25, 0.3) is 5.91 Å². The molecule has 1 heterocycles. The van der Waals surface area contributed by atoms with E-state index in [4.69, 9.17) is 5.21 Å². The molecule has 0 radical (unpaired) electrons. The van der Waals surface area contributed by atoms with Crippen LogP contribution in [0.25, 0.3) is 0 Å². The Kier molecular flexibility index (Phi) is 5.48. The Morgan fingerprint density at radius 2 is 2.25 bits per heavy atom. The summed E-state index contributed by atoms with van der Waals surface area (Å²) in [6.45, 7) is 2.61. The molecule has 0 saturated heterocycles. The molecule has 0 aromatic heterocycles. The fraction of sp³-hybridized carbons (Fsp3) is 0.611. The average molecular weight is 339 g/mol. The summed E-state index contributed by atoms with van der Waals surface area (Å²) in [6.07, 6.45) is 5.67. The van der Waals surface area contributed by atoms with Gasteiger partial charge in [-0.1, -0.05) is 0 Å². The minimum absolute atomic E-state index is 0. The molecule has 0 spiro atoms. The van der Waals surface area contributed by atoms with Crippen LogP contribution in [-0.2, 0) is 13.0 Å². The predicted molar refractivity (Wildman–Crippen MR) is 93.7 cm³/mol. The van der Waals surface area contributed by atoms with Crippen LogP contribution in [0.2, 0.25) is 0 Å². The van der Waals surface area contributed by atoms with E-state index in [0.717, 1.165) is 31.0 Å². The molecule has 24 heavy (non-hydrogen) atoms. The molecule has 1 aliphatic carbocycles. The quantitative estimate of drug-likeness (QED) is 0.423. The van der Waals surface area contributed by atoms with Crippen LogP contribution in [0.3, 0.4) is 0 Å². The summed E-state index contributed by atoms with van der Waals surface area (Å²) in [6, 6.07) is 3.48. The number of rotatable bonds is 6. The Morgan fingerprint density at radius 3 is 2.96 bits per heavy atom. The number of fused-ring (bicyclic) bond motifs is 1. The highest BCUT2D eigenvalue weighted by atomic mass is 19.1. The second kappa shape index (κ2) is 7.59. The molecular formula is C18H30FN3O2. The third-order valence-corrected chi connectivity index (χ3v) is 5.45. The zero-order valence-corrected chi connectivity index (χ0v) is 14.1. The number of carbonyl (C=O) groups is 1. The van der Waals surface area contributed by atoms with Gasteiger partial charge in [-0.25, -0.2) is 9.87 Å². The molecule has 0 bridgehead atoms. The van der Waals surface area contributed by atoms with Crippen molar-refractivity contribution in [2.45, 2.75) is 44.7 Å². The van der Waals surface area contributed by atoms with E-state index in [1.807, 2.05) is 7.05 Å². The number of hydrogen-bond acceptors (Lipinski definition) is 4. The lowest BCUT2D eigenvalue weighted by molar-refractivity contribution is 0.0611. The molecule has 1 fully saturated rings. The Morgan fingerprint density at radius 1 is 1.46 bits per heavy atom. The summed E-state index contributed by atoms with van der Waals surface area (Å²) < 4.78 is 14.4. The van der Waals surface area contributed by atoms with Crippen molar-refractivity contribution in [3.63, 3.8) is 0 Å². The molecule has 1 aliphatic heterocycles. The third kappa shape index (κ3) is 3.61. The maximum Gasteiger partial charge on any atom is 0.274 e. The van der Waals surface area contributed by atoms with Gasteiger partial charge < -0.3 is 5.32 Å². The van der Waals surface area contributed by atoms with Crippen molar-refractivity contribution in [2.24, 2.45) is 5.92 Å². The fourth-order valence-electron chi connectivity index (χ4n) is 3.95. The lowest BCUT2D eigenvalue weighted by Crippen LogP contribution is -2.47. The van der Waals surface area contributed by atoms with E-state index in [1.165, 1.54) is 31.7 Å². The van der Waals surface area contributed by atoms with Crippen LogP contribution in [0.5, 0.6) is 0 Å². The Hall–Kier alpha value is -1.50. The number of benzene rings is 1. The highest BCUT2D eigenvalue weighted by molar-refractivity contribution is 5.93. The summed E-state index contributed by atoms with van der Waals surface area (Å²) in [4.78, 5) is 13.9. The predicted octanol–water partition coefficient (Wildman–Crippen LogP) is 2.57. The highest BCUT2D eigenvalue weighted by Gasteiger charge is 2.35. The average Bonchev–Trinajstić information content (AvgIpc) is 2.56. The van der Waals surface area contributed by atoms with Crippen LogP contribution in [0, 0.1) is 11.7 Å². The largest absolute Gasteiger partial charge is 0.320 e. The van der Waals surface area contributed by atoms with Gasteiger partial charge in [-0.3, -0.25) is 14.9 Å². The van der Waals surface area contributed by atoms with E-state index >= 15 is 0 Å². The SMILES string of the molecule is CNCCCC1CC(N2CCc3cc(C(=O)NO)cc(F)c3C2)C1.[HH].[HH]. The second-order valence-corrected chi connectivity index (χ2v) is 6.99. The molecule has 136 valence electrons. The molecular weight excluding hydrogens is 309 g/mol. The van der Waals surface area contributed by atoms with Crippen molar-refractivity contribution in [3.8, 4) is 0 Å². The van der Waals surface area contributed by atoms with Gasteiger partial charge in [0.15, 0.2) is 0 Å². The molecule has 1 amide bonds. The van der Waals surface area contributed by atoms with Crippen LogP contribution < -0.4 is 10.8 Å². The molecule has 3 rings (SSSR count). The number of halogens is 1. The number of hydrogen-bond donors (Lipinski definition) is 3. The van der Waals surface area contributed by atoms with Crippen molar-refractivity contribution in [2.75, 3.05) is 20.1 Å². The Labute approximate surface area is 145 Å². The van der Waals surface area contributed by atoms with Gasteiger partial charge in [0.05, 0.1) is 0 Å². The maximum atomic E-state index is 14.4. The van der Waals surface area contributed by atoms with Gasteiger partial charge in [0.2, 0.25) is 0 Å². The topological polar surface area (TPSA) is 64.6 Å². The van der Waals surface area contributed by atoms with Crippen molar-refractivity contribution in [3.05, 3.63) is 34.6 Å². The van der Waals surface area contributed by atoms with Gasteiger partial charge in [-0.15, -0.1) is 0 Å². The van der Waals surface area contributed by atoms with Crippen molar-refractivity contribution >= 4 is 5.91 Å². The number of hydroxylamine groups is 1. The first-order valence-corrected chi connectivity index (χ1v) is 8.76. The highest BCUT2D eigenvalue weighted by Crippen LogP contribution is 2.37. The first-order chi connectivity index (χ1) is 11.6. The van der Waals surface area contributed by atoms with Gasteiger partial charge in [-0.05, 0) is 69.3 Å². The maximum absolute atomic E-state index is 14.4. The number of nitrogens with one attached hydrogen (secondary N) is 2. The normalized spacial score (nSPS) is 23.5. The van der Waals surface area contributed by atoms with Crippen LogP contribution in [0.15, 0.2) is 12.1 Å². The molecule has 3 N–H and O–H groups in total. The summed E-state index contributed by atoms with van der Waals surface area (Å²) in [5.41, 5.74) is 3.33. The standard InChI is InChI=1S/C18H26FN3O2.2H2/c1-20-5-2-3-12-7-15(8-12)22-6-4-13-9-14(18(23)21-24)10-17(19)16(13)11-22;;/h9-10,12,15,20,24H,2-8,11H2,1H3,(H,21,23);2*1H. The van der Waals surface area contributed by atoms with Gasteiger partial charge in [0, 0.05) is 33.1 Å². The van der Waals surface area contributed by atoms with E-state index in [1.54, 1.807) is 11.5 Å². The Balaban J connectivity index is 0.00000169. The first kappa shape index (κ1) is 17.3. The van der Waals surface area contributed by atoms with Gasteiger partial charge in [-0.2, -0.15) is 0 Å². The van der Waals surface area contributed by atoms with E-state index < -0.39 is 5.91 Å². The second-order valence-electron chi connectivity index (χ2n) is 6.99. The van der Waals surface area contributed by atoms with Gasteiger partial charge in [0.1, 0.15) is 5.82 Å². The summed E-state index contributed by atoms with van der Waals surface area (Å²) >= 11 is 0. The van der Waals surface area contributed by atoms with E-state index in [2.05, 4.69) is 10.2 Å². The first-order valence-electron chi connectivity index (χ1n) is 8.76. The monoisotopic (exact) mass is 339 g/mol. The molecule has 2 aliphatic rings. The van der Waals surface area contributed by atoms with Crippen molar-refractivity contribution in [1.82, 2.24) is 15.7 Å². The molecule has 1 aromatic carbocycles. The van der Waals surface area contributed by atoms with Crippen LogP contribution in [-0.4, -0.2) is 42.2 Å². The number of amides is 1. The summed E-state index contributed by atoms with van der Waals surface area (Å²) in [5.74, 6) is -0.201. The fourth-order valence-corrected chi connectivity index (χ4v) is 3.95. The minimum atomic E-state index is -0.664. The minimum Gasteiger partial charge on any atom is -0.320 e. The van der Waals surface area contributed by atoms with Crippen LogP contribution in [0.1, 0.15) is 50.0 Å². The zero-order valence-electron chi connectivity index (χ0n) is 14.1. The van der Waals surface area contributed by atoms with E-state index in [-0.39, 0.29) is 14.2 Å². The zero-order chi connectivity index (χ0) is 17.1. The Bertz CT molecular complexity index is 612. The lowest BCUT2D eigenvalue weighted by atomic mass is 9.76.